The van der Waals surface area contributed by atoms with Crippen LogP contribution in [0.5, 0.6) is 11.8 Å². The first-order valence-corrected chi connectivity index (χ1v) is 7.48. The van der Waals surface area contributed by atoms with Crippen molar-refractivity contribution in [3.8, 4) is 11.8 Å². The number of aryl methyl sites for hydroxylation is 1. The molecule has 0 radical (unpaired) electrons. The topological polar surface area (TPSA) is 77.0 Å². The maximum atomic E-state index is 12.3. The first-order chi connectivity index (χ1) is 11.6. The number of pyridine rings is 1. The summed E-state index contributed by atoms with van der Waals surface area (Å²) in [5.41, 5.74) is 1.80. The molecule has 0 fully saturated rings. The molecule has 3 aromatic rings. The van der Waals surface area contributed by atoms with Gasteiger partial charge in [-0.3, -0.25) is 4.79 Å². The average Bonchev–Trinajstić information content (AvgIpc) is 2.58. The fourth-order valence-corrected chi connectivity index (χ4v) is 2.23. The van der Waals surface area contributed by atoms with E-state index in [1.165, 1.54) is 6.20 Å². The van der Waals surface area contributed by atoms with Crippen LogP contribution in [0, 0.1) is 6.92 Å². The van der Waals surface area contributed by atoms with Crippen molar-refractivity contribution in [1.82, 2.24) is 15.0 Å². The van der Waals surface area contributed by atoms with Gasteiger partial charge in [-0.15, -0.1) is 0 Å². The summed E-state index contributed by atoms with van der Waals surface area (Å²) in [6, 6.07) is 10.5. The highest BCUT2D eigenvalue weighted by atomic mass is 35.5. The van der Waals surface area contributed by atoms with Crippen LogP contribution in [-0.4, -0.2) is 20.9 Å². The number of hydrogen-bond acceptors (Lipinski definition) is 5. The zero-order valence-corrected chi connectivity index (χ0v) is 13.5. The Morgan fingerprint density at radius 2 is 1.83 bits per heavy atom. The van der Waals surface area contributed by atoms with E-state index >= 15 is 0 Å². The van der Waals surface area contributed by atoms with Gasteiger partial charge in [-0.25, -0.2) is 15.0 Å². The van der Waals surface area contributed by atoms with Crippen molar-refractivity contribution in [2.75, 3.05) is 5.32 Å². The minimum Gasteiger partial charge on any atom is -0.424 e. The molecule has 1 amide bonds. The highest BCUT2D eigenvalue weighted by Crippen LogP contribution is 2.25. The number of benzene rings is 1. The van der Waals surface area contributed by atoms with Crippen LogP contribution >= 0.6 is 11.6 Å². The Morgan fingerprint density at radius 3 is 2.54 bits per heavy atom. The number of anilines is 1. The van der Waals surface area contributed by atoms with E-state index in [4.69, 9.17) is 16.3 Å². The van der Waals surface area contributed by atoms with Gasteiger partial charge in [0.2, 0.25) is 0 Å². The molecule has 24 heavy (non-hydrogen) atoms. The van der Waals surface area contributed by atoms with Gasteiger partial charge in [0.05, 0.1) is 5.56 Å². The summed E-state index contributed by atoms with van der Waals surface area (Å²) in [5.74, 6) is 0.257. The molecule has 0 aliphatic heterocycles. The van der Waals surface area contributed by atoms with Crippen LogP contribution in [-0.2, 0) is 0 Å². The van der Waals surface area contributed by atoms with Gasteiger partial charge in [0.15, 0.2) is 0 Å². The van der Waals surface area contributed by atoms with Crippen molar-refractivity contribution in [1.29, 1.82) is 0 Å². The van der Waals surface area contributed by atoms with Gasteiger partial charge in [-0.2, -0.15) is 0 Å². The van der Waals surface area contributed by atoms with E-state index in [2.05, 4.69) is 20.3 Å². The quantitative estimate of drug-likeness (QED) is 0.729. The zero-order chi connectivity index (χ0) is 16.9. The molecule has 0 aliphatic rings. The molecule has 6 nitrogen and oxygen atoms in total. The van der Waals surface area contributed by atoms with E-state index < -0.39 is 0 Å². The SMILES string of the molecule is Cc1cc(Oc2ncccn2)ccc1NC(=O)c1cccnc1Cl. The first kappa shape index (κ1) is 15.9. The van der Waals surface area contributed by atoms with Gasteiger partial charge in [0, 0.05) is 24.3 Å². The lowest BCUT2D eigenvalue weighted by molar-refractivity contribution is 0.102. The van der Waals surface area contributed by atoms with E-state index in [0.29, 0.717) is 17.0 Å². The molecule has 120 valence electrons. The number of ether oxygens (including phenoxy) is 1. The standard InChI is InChI=1S/C17H13ClN4O2/c1-11-10-12(24-17-20-8-3-9-21-17)5-6-14(11)22-16(23)13-4-2-7-19-15(13)18/h2-10H,1H3,(H,22,23). The van der Waals surface area contributed by atoms with E-state index in [9.17, 15) is 4.79 Å². The Balaban J connectivity index is 1.76. The molecule has 2 heterocycles. The van der Waals surface area contributed by atoms with Crippen molar-refractivity contribution < 1.29 is 9.53 Å². The monoisotopic (exact) mass is 340 g/mol. The summed E-state index contributed by atoms with van der Waals surface area (Å²) in [7, 11) is 0. The van der Waals surface area contributed by atoms with E-state index in [0.717, 1.165) is 5.56 Å². The van der Waals surface area contributed by atoms with Crippen LogP contribution in [0.25, 0.3) is 0 Å². The third kappa shape index (κ3) is 3.67. The largest absolute Gasteiger partial charge is 0.424 e. The van der Waals surface area contributed by atoms with Crippen LogP contribution < -0.4 is 10.1 Å². The number of nitrogens with zero attached hydrogens (tertiary/aromatic N) is 3. The van der Waals surface area contributed by atoms with E-state index in [-0.39, 0.29) is 17.1 Å². The van der Waals surface area contributed by atoms with Crippen LogP contribution in [0.3, 0.4) is 0 Å². The highest BCUT2D eigenvalue weighted by Gasteiger charge is 2.12. The van der Waals surface area contributed by atoms with Gasteiger partial charge in [-0.1, -0.05) is 11.6 Å². The van der Waals surface area contributed by atoms with Crippen LogP contribution in [0.1, 0.15) is 15.9 Å². The van der Waals surface area contributed by atoms with Crippen LogP contribution in [0.15, 0.2) is 55.0 Å². The maximum Gasteiger partial charge on any atom is 0.321 e. The summed E-state index contributed by atoms with van der Waals surface area (Å²) in [5, 5.41) is 2.97. The number of carbonyl (C=O) groups is 1. The number of nitrogens with one attached hydrogen (secondary N) is 1. The molecule has 0 aliphatic carbocycles. The normalized spacial score (nSPS) is 10.2. The van der Waals surface area contributed by atoms with Crippen molar-refractivity contribution in [3.63, 3.8) is 0 Å². The van der Waals surface area contributed by atoms with Gasteiger partial charge < -0.3 is 10.1 Å². The molecule has 2 aromatic heterocycles. The molecule has 1 aromatic carbocycles. The predicted molar refractivity (Wildman–Crippen MR) is 90.5 cm³/mol. The summed E-state index contributed by atoms with van der Waals surface area (Å²) < 4.78 is 5.56. The van der Waals surface area contributed by atoms with Gasteiger partial charge in [-0.05, 0) is 48.9 Å². The molecule has 1 N–H and O–H groups in total. The third-order valence-corrected chi connectivity index (χ3v) is 3.50. The van der Waals surface area contributed by atoms with Gasteiger partial charge in [0.25, 0.3) is 5.91 Å². The van der Waals surface area contributed by atoms with Crippen molar-refractivity contribution in [2.24, 2.45) is 0 Å². The van der Waals surface area contributed by atoms with Crippen molar-refractivity contribution >= 4 is 23.2 Å². The van der Waals surface area contributed by atoms with Crippen molar-refractivity contribution in [2.45, 2.75) is 6.92 Å². The second kappa shape index (κ2) is 7.06. The minimum absolute atomic E-state index is 0.161. The Morgan fingerprint density at radius 1 is 1.08 bits per heavy atom. The van der Waals surface area contributed by atoms with Crippen LogP contribution in [0.4, 0.5) is 5.69 Å². The molecule has 0 spiro atoms. The predicted octanol–water partition coefficient (Wildman–Crippen LogP) is 3.88. The molecule has 0 atom stereocenters. The summed E-state index contributed by atoms with van der Waals surface area (Å²) >= 11 is 5.93. The maximum absolute atomic E-state index is 12.3. The number of carbonyl (C=O) groups excluding carboxylic acids is 1. The molecule has 0 bridgehead atoms. The lowest BCUT2D eigenvalue weighted by Gasteiger charge is -2.11. The number of aromatic nitrogens is 3. The number of halogens is 1. The molecule has 7 heteroatoms. The lowest BCUT2D eigenvalue weighted by Crippen LogP contribution is -2.13. The molecular weight excluding hydrogens is 328 g/mol. The Kier molecular flexibility index (Phi) is 4.67. The Bertz CT molecular complexity index is 871. The first-order valence-electron chi connectivity index (χ1n) is 7.11. The zero-order valence-electron chi connectivity index (χ0n) is 12.7. The van der Waals surface area contributed by atoms with Gasteiger partial charge in [0.1, 0.15) is 10.9 Å². The molecular formula is C17H13ClN4O2. The second-order valence-electron chi connectivity index (χ2n) is 4.91. The third-order valence-electron chi connectivity index (χ3n) is 3.20. The summed E-state index contributed by atoms with van der Waals surface area (Å²) in [6.45, 7) is 1.86. The number of amides is 1. The second-order valence-corrected chi connectivity index (χ2v) is 5.26. The molecule has 0 saturated carbocycles. The fraction of sp³-hybridized carbons (Fsp3) is 0.0588. The molecule has 3 rings (SSSR count). The molecule has 0 unspecified atom stereocenters. The van der Waals surface area contributed by atoms with E-state index in [1.807, 2.05) is 6.92 Å². The fourth-order valence-electron chi connectivity index (χ4n) is 2.03. The Hall–Kier alpha value is -2.99. The summed E-state index contributed by atoms with van der Waals surface area (Å²) in [6.07, 6.45) is 4.73. The van der Waals surface area contributed by atoms with Crippen LogP contribution in [0.2, 0.25) is 5.15 Å². The Labute approximate surface area is 143 Å². The van der Waals surface area contributed by atoms with Gasteiger partial charge >= 0.3 is 6.01 Å². The smallest absolute Gasteiger partial charge is 0.321 e. The minimum atomic E-state index is -0.323. The summed E-state index contributed by atoms with van der Waals surface area (Å²) in [4.78, 5) is 24.2. The molecule has 0 saturated heterocycles. The van der Waals surface area contributed by atoms with E-state index in [1.54, 1.807) is 48.8 Å². The lowest BCUT2D eigenvalue weighted by atomic mass is 10.1. The average molecular weight is 341 g/mol. The number of rotatable bonds is 4. The number of hydrogen-bond donors (Lipinski definition) is 1. The highest BCUT2D eigenvalue weighted by molar-refractivity contribution is 6.33. The van der Waals surface area contributed by atoms with Crippen molar-refractivity contribution in [3.05, 3.63) is 71.3 Å².